The van der Waals surface area contributed by atoms with Crippen LogP contribution in [0.5, 0.6) is 0 Å². The van der Waals surface area contributed by atoms with Crippen LogP contribution < -0.4 is 5.32 Å². The van der Waals surface area contributed by atoms with Crippen LogP contribution >= 0.6 is 0 Å². The van der Waals surface area contributed by atoms with Gasteiger partial charge in [-0.1, -0.05) is 12.1 Å². The summed E-state index contributed by atoms with van der Waals surface area (Å²) in [6.07, 6.45) is 1.91. The number of aryl methyl sites for hydroxylation is 2. The molecule has 0 aliphatic rings. The topological polar surface area (TPSA) is 90.3 Å². The molecule has 142 valence electrons. The first-order chi connectivity index (χ1) is 12.7. The normalized spacial score (nSPS) is 12.0. The molecule has 1 aromatic heterocycles. The second-order valence-corrected chi connectivity index (χ2v) is 6.25. The molecule has 0 bridgehead atoms. The van der Waals surface area contributed by atoms with Crippen LogP contribution in [0, 0.1) is 13.8 Å². The molecule has 1 amide bonds. The van der Waals surface area contributed by atoms with E-state index in [4.69, 9.17) is 4.74 Å². The van der Waals surface area contributed by atoms with E-state index < -0.39 is 18.0 Å². The second kappa shape index (κ2) is 8.44. The summed E-state index contributed by atoms with van der Waals surface area (Å²) < 4.78 is 6.87. The third-order valence-corrected chi connectivity index (χ3v) is 4.15. The summed E-state index contributed by atoms with van der Waals surface area (Å²) in [6, 6.07) is 6.56. The van der Waals surface area contributed by atoms with E-state index in [0.29, 0.717) is 11.3 Å². The fourth-order valence-corrected chi connectivity index (χ4v) is 2.51. The lowest BCUT2D eigenvalue weighted by molar-refractivity contribution is -0.148. The molecule has 7 nitrogen and oxygen atoms in total. The Kier molecular flexibility index (Phi) is 6.28. The van der Waals surface area contributed by atoms with Crippen molar-refractivity contribution in [1.29, 1.82) is 0 Å². The zero-order valence-corrected chi connectivity index (χ0v) is 16.1. The zero-order valence-electron chi connectivity index (χ0n) is 16.1. The van der Waals surface area contributed by atoms with Gasteiger partial charge in [0.05, 0.1) is 5.69 Å². The molecule has 0 radical (unpaired) electrons. The number of hydrogen-bond donors (Lipinski definition) is 1. The Bertz CT molecular complexity index is 912. The number of nitrogens with zero attached hydrogens (tertiary/aromatic N) is 2. The average molecular weight is 369 g/mol. The SMILES string of the molecule is CC(=O)c1cccc(NC(=O)[C@H](C)OC(=O)/C=C/c2c(C)nn(C)c2C)c1. The van der Waals surface area contributed by atoms with Crippen LogP contribution in [0.3, 0.4) is 0 Å². The van der Waals surface area contributed by atoms with E-state index in [0.717, 1.165) is 17.0 Å². The minimum atomic E-state index is -0.987. The number of aromatic nitrogens is 2. The van der Waals surface area contributed by atoms with Gasteiger partial charge in [-0.15, -0.1) is 0 Å². The molecule has 1 heterocycles. The number of amides is 1. The number of esters is 1. The fourth-order valence-electron chi connectivity index (χ4n) is 2.51. The molecular formula is C20H23N3O4. The molecule has 0 saturated carbocycles. The highest BCUT2D eigenvalue weighted by Crippen LogP contribution is 2.14. The van der Waals surface area contributed by atoms with Crippen LogP contribution in [-0.2, 0) is 21.4 Å². The second-order valence-electron chi connectivity index (χ2n) is 6.25. The van der Waals surface area contributed by atoms with Crippen LogP contribution in [0.2, 0.25) is 0 Å². The smallest absolute Gasteiger partial charge is 0.331 e. The summed E-state index contributed by atoms with van der Waals surface area (Å²) in [4.78, 5) is 35.6. The van der Waals surface area contributed by atoms with Crippen LogP contribution in [0.25, 0.3) is 6.08 Å². The molecule has 0 aliphatic carbocycles. The maximum absolute atomic E-state index is 12.2. The first-order valence-electron chi connectivity index (χ1n) is 8.49. The number of rotatable bonds is 6. The number of hydrogen-bond acceptors (Lipinski definition) is 5. The summed E-state index contributed by atoms with van der Waals surface area (Å²) in [5.74, 6) is -1.21. The summed E-state index contributed by atoms with van der Waals surface area (Å²) >= 11 is 0. The van der Waals surface area contributed by atoms with E-state index in [1.54, 1.807) is 35.0 Å². The van der Waals surface area contributed by atoms with Crippen molar-refractivity contribution in [1.82, 2.24) is 9.78 Å². The minimum Gasteiger partial charge on any atom is -0.449 e. The Morgan fingerprint density at radius 3 is 2.56 bits per heavy atom. The Hall–Kier alpha value is -3.22. The van der Waals surface area contributed by atoms with Crippen LogP contribution in [0.4, 0.5) is 5.69 Å². The summed E-state index contributed by atoms with van der Waals surface area (Å²) in [5.41, 5.74) is 3.52. The van der Waals surface area contributed by atoms with E-state index in [-0.39, 0.29) is 5.78 Å². The number of Topliss-reactive ketones (excluding diaryl/α,β-unsaturated/α-hetero) is 1. The van der Waals surface area contributed by atoms with Crippen LogP contribution in [0.15, 0.2) is 30.3 Å². The molecule has 2 aromatic rings. The number of carbonyl (C=O) groups is 3. The predicted octanol–water partition coefficient (Wildman–Crippen LogP) is 2.82. The average Bonchev–Trinajstić information content (AvgIpc) is 2.85. The van der Waals surface area contributed by atoms with Gasteiger partial charge in [0.15, 0.2) is 11.9 Å². The number of carbonyl (C=O) groups excluding carboxylic acids is 3. The van der Waals surface area contributed by atoms with E-state index in [1.165, 1.54) is 19.9 Å². The van der Waals surface area contributed by atoms with Crippen molar-refractivity contribution in [3.8, 4) is 0 Å². The highest BCUT2D eigenvalue weighted by atomic mass is 16.5. The zero-order chi connectivity index (χ0) is 20.1. The molecule has 1 N–H and O–H groups in total. The Morgan fingerprint density at radius 1 is 1.26 bits per heavy atom. The van der Waals surface area contributed by atoms with Gasteiger partial charge in [-0.3, -0.25) is 14.3 Å². The lowest BCUT2D eigenvalue weighted by Crippen LogP contribution is -2.29. The maximum Gasteiger partial charge on any atom is 0.331 e. The molecule has 1 aromatic carbocycles. The highest BCUT2D eigenvalue weighted by Gasteiger charge is 2.17. The highest BCUT2D eigenvalue weighted by molar-refractivity contribution is 5.99. The molecule has 0 fully saturated rings. The predicted molar refractivity (Wildman–Crippen MR) is 102 cm³/mol. The monoisotopic (exact) mass is 369 g/mol. The molecule has 0 aliphatic heterocycles. The molecule has 7 heteroatoms. The third-order valence-electron chi connectivity index (χ3n) is 4.15. The largest absolute Gasteiger partial charge is 0.449 e. The maximum atomic E-state index is 12.2. The van der Waals surface area contributed by atoms with Gasteiger partial charge in [0.1, 0.15) is 0 Å². The number of benzene rings is 1. The fraction of sp³-hybridized carbons (Fsp3) is 0.300. The lowest BCUT2D eigenvalue weighted by atomic mass is 10.1. The van der Waals surface area contributed by atoms with E-state index in [2.05, 4.69) is 10.4 Å². The number of ether oxygens (including phenoxy) is 1. The third kappa shape index (κ3) is 5.13. The lowest BCUT2D eigenvalue weighted by Gasteiger charge is -2.12. The number of nitrogens with one attached hydrogen (secondary N) is 1. The van der Waals surface area contributed by atoms with Gasteiger partial charge in [-0.25, -0.2) is 4.79 Å². The molecule has 1 atom stereocenters. The Balaban J connectivity index is 1.97. The van der Waals surface area contributed by atoms with Crippen molar-refractivity contribution in [2.45, 2.75) is 33.8 Å². The van der Waals surface area contributed by atoms with Crippen LogP contribution in [0.1, 0.15) is 41.2 Å². The van der Waals surface area contributed by atoms with Crippen molar-refractivity contribution in [2.24, 2.45) is 7.05 Å². The van der Waals surface area contributed by atoms with Crippen molar-refractivity contribution in [2.75, 3.05) is 5.32 Å². The van der Waals surface area contributed by atoms with E-state index >= 15 is 0 Å². The van der Waals surface area contributed by atoms with Gasteiger partial charge in [0.25, 0.3) is 5.91 Å². The number of ketones is 1. The standard InChI is InChI=1S/C20H23N3O4/c1-12-18(13(2)23(5)22-12)9-10-19(25)27-15(4)20(26)21-17-8-6-7-16(11-17)14(3)24/h6-11,15H,1-5H3,(H,21,26)/b10-9+/t15-/m0/s1. The minimum absolute atomic E-state index is 0.100. The van der Waals surface area contributed by atoms with Crippen molar-refractivity contribution < 1.29 is 19.1 Å². The molecule has 0 spiro atoms. The van der Waals surface area contributed by atoms with Crippen molar-refractivity contribution in [3.63, 3.8) is 0 Å². The summed E-state index contributed by atoms with van der Waals surface area (Å²) in [5, 5.41) is 6.90. The van der Waals surface area contributed by atoms with E-state index in [9.17, 15) is 14.4 Å². The Labute approximate surface area is 158 Å². The molecule has 2 rings (SSSR count). The number of anilines is 1. The molecule has 0 unspecified atom stereocenters. The Morgan fingerprint density at radius 2 is 1.96 bits per heavy atom. The molecule has 0 saturated heterocycles. The van der Waals surface area contributed by atoms with Crippen LogP contribution in [-0.4, -0.2) is 33.5 Å². The summed E-state index contributed by atoms with van der Waals surface area (Å²) in [7, 11) is 1.82. The van der Waals surface area contributed by atoms with E-state index in [1.807, 2.05) is 20.9 Å². The first-order valence-corrected chi connectivity index (χ1v) is 8.49. The quantitative estimate of drug-likeness (QED) is 0.480. The van der Waals surface area contributed by atoms with Crippen molar-refractivity contribution >= 4 is 29.4 Å². The van der Waals surface area contributed by atoms with Gasteiger partial charge in [0.2, 0.25) is 0 Å². The first kappa shape index (κ1) is 20.1. The van der Waals surface area contributed by atoms with Gasteiger partial charge in [-0.05, 0) is 45.9 Å². The van der Waals surface area contributed by atoms with Gasteiger partial charge < -0.3 is 10.1 Å². The summed E-state index contributed by atoms with van der Waals surface area (Å²) in [6.45, 7) is 6.68. The molecular weight excluding hydrogens is 346 g/mol. The van der Waals surface area contributed by atoms with Gasteiger partial charge in [-0.2, -0.15) is 5.10 Å². The van der Waals surface area contributed by atoms with Crippen molar-refractivity contribution in [3.05, 3.63) is 52.9 Å². The molecule has 27 heavy (non-hydrogen) atoms. The van der Waals surface area contributed by atoms with Gasteiger partial charge in [0, 0.05) is 35.6 Å². The van der Waals surface area contributed by atoms with Gasteiger partial charge >= 0.3 is 5.97 Å².